The molecule has 0 amide bonds. The Labute approximate surface area is 83.4 Å². The Bertz CT molecular complexity index is 333. The molecule has 1 N–H and O–H groups in total. The first-order valence-corrected chi connectivity index (χ1v) is 4.49. The van der Waals surface area contributed by atoms with Crippen molar-refractivity contribution in [2.75, 3.05) is 0 Å². The lowest BCUT2D eigenvalue weighted by molar-refractivity contribution is 0.201. The zero-order valence-electron chi connectivity index (χ0n) is 7.42. The average molecular weight is 195 g/mol. The Morgan fingerprint density at radius 1 is 1.54 bits per heavy atom. The molecule has 1 nitrogen and oxygen atoms in total. The van der Waals surface area contributed by atoms with Crippen molar-refractivity contribution < 1.29 is 5.11 Å². The van der Waals surface area contributed by atoms with E-state index >= 15 is 0 Å². The van der Waals surface area contributed by atoms with E-state index in [-0.39, 0.29) is 6.10 Å². The van der Waals surface area contributed by atoms with E-state index in [1.807, 2.05) is 12.1 Å². The predicted molar refractivity (Wildman–Crippen MR) is 54.6 cm³/mol. The number of halogens is 1. The fraction of sp³-hybridized carbons (Fsp3) is 0.273. The van der Waals surface area contributed by atoms with Gasteiger partial charge in [-0.3, -0.25) is 0 Å². The SMILES string of the molecule is CC(O)CC#Cc1cccc(Cl)c1. The number of hydrogen-bond acceptors (Lipinski definition) is 1. The summed E-state index contributed by atoms with van der Waals surface area (Å²) in [5.74, 6) is 5.79. The molecule has 13 heavy (non-hydrogen) atoms. The lowest BCUT2D eigenvalue weighted by Gasteiger charge is -1.93. The highest BCUT2D eigenvalue weighted by atomic mass is 35.5. The van der Waals surface area contributed by atoms with Gasteiger partial charge in [0.15, 0.2) is 0 Å². The molecule has 0 radical (unpaired) electrons. The maximum absolute atomic E-state index is 8.96. The van der Waals surface area contributed by atoms with Crippen LogP contribution in [0.15, 0.2) is 24.3 Å². The molecule has 0 aliphatic carbocycles. The van der Waals surface area contributed by atoms with Crippen LogP contribution in [0.4, 0.5) is 0 Å². The summed E-state index contributed by atoms with van der Waals surface area (Å²) in [5, 5.41) is 9.64. The van der Waals surface area contributed by atoms with Gasteiger partial charge >= 0.3 is 0 Å². The van der Waals surface area contributed by atoms with Crippen LogP contribution >= 0.6 is 11.6 Å². The molecule has 1 aromatic rings. The van der Waals surface area contributed by atoms with Crippen LogP contribution in [0.3, 0.4) is 0 Å². The van der Waals surface area contributed by atoms with Crippen LogP contribution in [0.1, 0.15) is 18.9 Å². The summed E-state index contributed by atoms with van der Waals surface area (Å²) in [4.78, 5) is 0. The summed E-state index contributed by atoms with van der Waals surface area (Å²) in [7, 11) is 0. The third-order valence-electron chi connectivity index (χ3n) is 1.45. The van der Waals surface area contributed by atoms with E-state index in [1.54, 1.807) is 19.1 Å². The average Bonchev–Trinajstić information content (AvgIpc) is 2.03. The molecule has 0 aliphatic heterocycles. The third-order valence-corrected chi connectivity index (χ3v) is 1.69. The van der Waals surface area contributed by atoms with Crippen molar-refractivity contribution in [3.63, 3.8) is 0 Å². The highest BCUT2D eigenvalue weighted by Gasteiger charge is 1.90. The first-order chi connectivity index (χ1) is 6.18. The smallest absolute Gasteiger partial charge is 0.0621 e. The fourth-order valence-corrected chi connectivity index (χ4v) is 1.06. The second-order valence-corrected chi connectivity index (χ2v) is 3.30. The zero-order valence-corrected chi connectivity index (χ0v) is 8.17. The molecule has 1 rings (SSSR count). The van der Waals surface area contributed by atoms with Crippen LogP contribution in [-0.2, 0) is 0 Å². The molecule has 0 aliphatic rings. The summed E-state index contributed by atoms with van der Waals surface area (Å²) in [5.41, 5.74) is 0.883. The second-order valence-electron chi connectivity index (χ2n) is 2.87. The summed E-state index contributed by atoms with van der Waals surface area (Å²) >= 11 is 5.77. The van der Waals surface area contributed by atoms with Gasteiger partial charge in [-0.2, -0.15) is 0 Å². The number of aliphatic hydroxyl groups is 1. The van der Waals surface area contributed by atoms with Crippen molar-refractivity contribution in [1.82, 2.24) is 0 Å². The van der Waals surface area contributed by atoms with Crippen LogP contribution in [0.2, 0.25) is 5.02 Å². The number of benzene rings is 1. The van der Waals surface area contributed by atoms with Crippen LogP contribution in [0.25, 0.3) is 0 Å². The first-order valence-electron chi connectivity index (χ1n) is 4.11. The van der Waals surface area contributed by atoms with Gasteiger partial charge < -0.3 is 5.11 Å². The highest BCUT2D eigenvalue weighted by Crippen LogP contribution is 2.09. The summed E-state index contributed by atoms with van der Waals surface area (Å²) in [6.07, 6.45) is 0.124. The van der Waals surface area contributed by atoms with E-state index in [0.717, 1.165) is 5.56 Å². The monoisotopic (exact) mass is 194 g/mol. The van der Waals surface area contributed by atoms with Crippen molar-refractivity contribution in [3.8, 4) is 11.8 Å². The minimum absolute atomic E-state index is 0.369. The number of hydrogen-bond donors (Lipinski definition) is 1. The molecule has 0 fully saturated rings. The van der Waals surface area contributed by atoms with Gasteiger partial charge in [0.2, 0.25) is 0 Å². The maximum atomic E-state index is 8.96. The van der Waals surface area contributed by atoms with Gasteiger partial charge in [0.25, 0.3) is 0 Å². The zero-order chi connectivity index (χ0) is 9.68. The van der Waals surface area contributed by atoms with Crippen molar-refractivity contribution >= 4 is 11.6 Å². The standard InChI is InChI=1S/C11H11ClO/c1-9(13)4-2-5-10-6-3-7-11(12)8-10/h3,6-9,13H,4H2,1H3. The Morgan fingerprint density at radius 3 is 2.92 bits per heavy atom. The maximum Gasteiger partial charge on any atom is 0.0621 e. The minimum atomic E-state index is -0.369. The lowest BCUT2D eigenvalue weighted by atomic mass is 10.2. The molecule has 0 aromatic heterocycles. The molecule has 0 spiro atoms. The van der Waals surface area contributed by atoms with Gasteiger partial charge in [0.1, 0.15) is 0 Å². The fourth-order valence-electron chi connectivity index (χ4n) is 0.867. The van der Waals surface area contributed by atoms with Gasteiger partial charge in [-0.05, 0) is 25.1 Å². The first kappa shape index (κ1) is 10.1. The Morgan fingerprint density at radius 2 is 2.31 bits per heavy atom. The Balaban J connectivity index is 2.66. The van der Waals surface area contributed by atoms with Crippen molar-refractivity contribution in [3.05, 3.63) is 34.9 Å². The minimum Gasteiger partial charge on any atom is -0.392 e. The lowest BCUT2D eigenvalue weighted by Crippen LogP contribution is -1.95. The van der Waals surface area contributed by atoms with E-state index in [0.29, 0.717) is 11.4 Å². The summed E-state index contributed by atoms with van der Waals surface area (Å²) in [6.45, 7) is 1.71. The second kappa shape index (κ2) is 4.91. The Hall–Kier alpha value is -0.970. The van der Waals surface area contributed by atoms with Gasteiger partial charge in [-0.1, -0.05) is 29.5 Å². The molecule has 2 heteroatoms. The van der Waals surface area contributed by atoms with E-state index in [9.17, 15) is 0 Å². The molecule has 0 saturated heterocycles. The number of aliphatic hydroxyl groups excluding tert-OH is 1. The van der Waals surface area contributed by atoms with Crippen LogP contribution in [-0.4, -0.2) is 11.2 Å². The van der Waals surface area contributed by atoms with E-state index in [4.69, 9.17) is 16.7 Å². The molecule has 0 saturated carbocycles. The van der Waals surface area contributed by atoms with Gasteiger partial charge in [0, 0.05) is 17.0 Å². The molecule has 68 valence electrons. The van der Waals surface area contributed by atoms with Crippen molar-refractivity contribution in [2.45, 2.75) is 19.4 Å². The quantitative estimate of drug-likeness (QED) is 0.681. The summed E-state index contributed by atoms with van der Waals surface area (Å²) in [6, 6.07) is 7.35. The van der Waals surface area contributed by atoms with Crippen LogP contribution in [0, 0.1) is 11.8 Å². The largest absolute Gasteiger partial charge is 0.392 e. The molecule has 1 aromatic carbocycles. The molecular formula is C11H11ClO. The van der Waals surface area contributed by atoms with Gasteiger partial charge in [0.05, 0.1) is 6.10 Å². The predicted octanol–water partition coefficient (Wildman–Crippen LogP) is 2.46. The number of rotatable bonds is 1. The normalized spacial score (nSPS) is 11.6. The molecular weight excluding hydrogens is 184 g/mol. The topological polar surface area (TPSA) is 20.2 Å². The molecule has 0 bridgehead atoms. The van der Waals surface area contributed by atoms with Gasteiger partial charge in [-0.25, -0.2) is 0 Å². The van der Waals surface area contributed by atoms with Gasteiger partial charge in [-0.15, -0.1) is 0 Å². The summed E-state index contributed by atoms with van der Waals surface area (Å²) < 4.78 is 0. The molecule has 1 atom stereocenters. The van der Waals surface area contributed by atoms with E-state index in [2.05, 4.69) is 11.8 Å². The van der Waals surface area contributed by atoms with E-state index < -0.39 is 0 Å². The van der Waals surface area contributed by atoms with Crippen LogP contribution < -0.4 is 0 Å². The van der Waals surface area contributed by atoms with E-state index in [1.165, 1.54) is 0 Å². The molecule has 1 unspecified atom stereocenters. The van der Waals surface area contributed by atoms with Crippen molar-refractivity contribution in [2.24, 2.45) is 0 Å². The molecule has 0 heterocycles. The highest BCUT2D eigenvalue weighted by molar-refractivity contribution is 6.30. The third kappa shape index (κ3) is 3.98. The van der Waals surface area contributed by atoms with Crippen molar-refractivity contribution in [1.29, 1.82) is 0 Å². The Kier molecular flexibility index (Phi) is 3.82. The van der Waals surface area contributed by atoms with Crippen LogP contribution in [0.5, 0.6) is 0 Å².